The van der Waals surface area contributed by atoms with Gasteiger partial charge in [0.15, 0.2) is 17.1 Å². The molecule has 0 unspecified atom stereocenters. The number of aromatic hydroxyl groups is 1. The first-order valence-corrected chi connectivity index (χ1v) is 16.0. The number of rotatable bonds is 5. The smallest absolute Gasteiger partial charge is 0.323 e. The van der Waals surface area contributed by atoms with Crippen LogP contribution in [-0.2, 0) is 9.59 Å². The van der Waals surface area contributed by atoms with E-state index >= 15 is 0 Å². The lowest BCUT2D eigenvalue weighted by Crippen LogP contribution is -2.62. The highest BCUT2D eigenvalue weighted by Gasteiger charge is 2.64. The van der Waals surface area contributed by atoms with E-state index in [4.69, 9.17) is 10.2 Å². The third-order valence-electron chi connectivity index (χ3n) is 10.2. The van der Waals surface area contributed by atoms with E-state index in [0.29, 0.717) is 11.4 Å². The van der Waals surface area contributed by atoms with Crippen molar-refractivity contribution in [3.63, 3.8) is 0 Å². The predicted octanol–water partition coefficient (Wildman–Crippen LogP) is 4.24. The summed E-state index contributed by atoms with van der Waals surface area (Å²) in [7, 11) is 3.88. The number of nitrogens with zero attached hydrogens (tertiary/aromatic N) is 1. The van der Waals surface area contributed by atoms with Crippen molar-refractivity contribution in [3.05, 3.63) is 94.5 Å². The van der Waals surface area contributed by atoms with Crippen molar-refractivity contribution in [1.29, 1.82) is 0 Å². The molecule has 5 atom stereocenters. The first-order chi connectivity index (χ1) is 24.1. The minimum atomic E-state index is -2.95. The molecule has 0 aliphatic heterocycles. The molecule has 0 bridgehead atoms. The van der Waals surface area contributed by atoms with E-state index in [-0.39, 0.29) is 16.8 Å². The Kier molecular flexibility index (Phi) is 7.69. The van der Waals surface area contributed by atoms with Gasteiger partial charge in [-0.1, -0.05) is 13.0 Å². The number of ketones is 2. The Hall–Kier alpha value is -6.12. The number of fused-ring (bicyclic) bond motifs is 4. The van der Waals surface area contributed by atoms with Gasteiger partial charge in [0.1, 0.15) is 28.4 Å². The molecule has 262 valence electrons. The van der Waals surface area contributed by atoms with Gasteiger partial charge in [0.05, 0.1) is 17.4 Å². The average molecular weight is 695 g/mol. The fourth-order valence-corrected chi connectivity index (χ4v) is 7.54. The van der Waals surface area contributed by atoms with Gasteiger partial charge in [0, 0.05) is 66.3 Å². The van der Waals surface area contributed by atoms with Crippen molar-refractivity contribution in [2.24, 2.45) is 17.6 Å². The molecule has 9 N–H and O–H groups in total. The van der Waals surface area contributed by atoms with Crippen molar-refractivity contribution >= 4 is 51.5 Å². The van der Waals surface area contributed by atoms with Crippen LogP contribution in [0.4, 0.5) is 21.9 Å². The number of primary amides is 1. The summed E-state index contributed by atoms with van der Waals surface area (Å²) in [5.74, 6) is -9.13. The number of Topliss-reactive ketones (excluding diaryl/α,β-unsaturated/α-hetero) is 2. The molecule has 3 amide bonds. The van der Waals surface area contributed by atoms with Gasteiger partial charge >= 0.3 is 6.03 Å². The zero-order valence-electron chi connectivity index (χ0n) is 27.6. The van der Waals surface area contributed by atoms with Crippen molar-refractivity contribution < 1.29 is 49.1 Å². The Morgan fingerprint density at radius 1 is 0.980 bits per heavy atom. The number of nitrogens with two attached hydrogens (primary N) is 1. The molecule has 0 fully saturated rings. The summed E-state index contributed by atoms with van der Waals surface area (Å²) in [6, 6.07) is 16.8. The van der Waals surface area contributed by atoms with Crippen LogP contribution in [-0.4, -0.2) is 74.8 Å². The number of hydrogen-bond acceptors (Lipinski definition) is 11. The van der Waals surface area contributed by atoms with E-state index in [1.807, 2.05) is 43.3 Å². The van der Waals surface area contributed by atoms with E-state index in [0.717, 1.165) is 22.2 Å². The predicted molar refractivity (Wildman–Crippen MR) is 186 cm³/mol. The van der Waals surface area contributed by atoms with Crippen LogP contribution in [0.1, 0.15) is 35.2 Å². The summed E-state index contributed by atoms with van der Waals surface area (Å²) in [4.78, 5) is 54.1. The van der Waals surface area contributed by atoms with Crippen molar-refractivity contribution in [2.45, 2.75) is 31.0 Å². The molecule has 0 radical (unpaired) electrons. The quantitative estimate of drug-likeness (QED) is 0.109. The van der Waals surface area contributed by atoms with Gasteiger partial charge in [-0.25, -0.2) is 4.79 Å². The number of aliphatic hydroxyl groups is 4. The number of phenols is 1. The molecule has 3 aromatic carbocycles. The van der Waals surface area contributed by atoms with Gasteiger partial charge in [-0.15, -0.1) is 0 Å². The van der Waals surface area contributed by atoms with Crippen LogP contribution >= 0.6 is 0 Å². The van der Waals surface area contributed by atoms with E-state index in [1.54, 1.807) is 31.2 Å². The molecule has 3 aliphatic carbocycles. The lowest BCUT2D eigenvalue weighted by atomic mass is 9.56. The van der Waals surface area contributed by atoms with Gasteiger partial charge < -0.3 is 51.2 Å². The Morgan fingerprint density at radius 3 is 2.35 bits per heavy atom. The molecule has 4 aromatic rings. The molecule has 0 saturated heterocycles. The van der Waals surface area contributed by atoms with Crippen LogP contribution in [0.2, 0.25) is 0 Å². The van der Waals surface area contributed by atoms with Crippen LogP contribution in [0.15, 0.2) is 87.7 Å². The SMILES string of the molecule is C[C@H]1c2ccc(NC(=O)Nc3ccc(-c4cc5ccc(N(C)C)cc5o4)cc3)c(O)c2C(=O)C2=C(O)[C@]3(O)C(=O)C(C(N)=O)=C(O)C[C@@H]3[C@@H](O)[C@@H]21. The summed E-state index contributed by atoms with van der Waals surface area (Å²) < 4.78 is 6.05. The number of carbonyl (C=O) groups excluding carboxylic acids is 4. The number of anilines is 3. The first kappa shape index (κ1) is 33.4. The van der Waals surface area contributed by atoms with Gasteiger partial charge in [-0.2, -0.15) is 0 Å². The van der Waals surface area contributed by atoms with Gasteiger partial charge in [0.25, 0.3) is 5.91 Å². The molecular formula is C37H34N4O10. The van der Waals surface area contributed by atoms with Gasteiger partial charge in [-0.3, -0.25) is 14.4 Å². The van der Waals surface area contributed by atoms with Gasteiger partial charge in [0.2, 0.25) is 5.78 Å². The van der Waals surface area contributed by atoms with Crippen LogP contribution in [0.25, 0.3) is 22.3 Å². The number of aliphatic hydroxyl groups excluding tert-OH is 3. The fraction of sp³-hybridized carbons (Fsp3) is 0.243. The normalized spacial score (nSPS) is 24.2. The third kappa shape index (κ3) is 5.02. The molecule has 7 rings (SSSR count). The number of benzene rings is 3. The third-order valence-corrected chi connectivity index (χ3v) is 10.2. The second kappa shape index (κ2) is 11.7. The number of nitrogens with one attached hydrogen (secondary N) is 2. The van der Waals surface area contributed by atoms with Crippen molar-refractivity contribution in [1.82, 2.24) is 0 Å². The second-order valence-corrected chi connectivity index (χ2v) is 13.3. The molecule has 0 saturated carbocycles. The van der Waals surface area contributed by atoms with Crippen LogP contribution in [0.5, 0.6) is 5.75 Å². The molecular weight excluding hydrogens is 660 g/mol. The van der Waals surface area contributed by atoms with Crippen LogP contribution in [0, 0.1) is 11.8 Å². The molecule has 51 heavy (non-hydrogen) atoms. The molecule has 14 nitrogen and oxygen atoms in total. The van der Waals surface area contributed by atoms with E-state index in [2.05, 4.69) is 10.6 Å². The Balaban J connectivity index is 1.14. The average Bonchev–Trinajstić information content (AvgIpc) is 3.51. The Bertz CT molecular complexity index is 2250. The maximum Gasteiger partial charge on any atom is 0.323 e. The topological polar surface area (TPSA) is 236 Å². The van der Waals surface area contributed by atoms with E-state index in [9.17, 15) is 44.7 Å². The first-order valence-electron chi connectivity index (χ1n) is 16.0. The number of allylic oxidation sites excluding steroid dienone is 1. The molecule has 1 heterocycles. The summed E-state index contributed by atoms with van der Waals surface area (Å²) in [6.07, 6.45) is -2.22. The minimum Gasteiger partial charge on any atom is -0.511 e. The molecule has 3 aliphatic rings. The summed E-state index contributed by atoms with van der Waals surface area (Å²) >= 11 is 0. The minimum absolute atomic E-state index is 0.160. The number of amides is 3. The van der Waals surface area contributed by atoms with Crippen LogP contribution in [0.3, 0.4) is 0 Å². The highest BCUT2D eigenvalue weighted by molar-refractivity contribution is 6.24. The highest BCUT2D eigenvalue weighted by atomic mass is 16.4. The van der Waals surface area contributed by atoms with Crippen LogP contribution < -0.4 is 21.3 Å². The summed E-state index contributed by atoms with van der Waals surface area (Å²) in [5.41, 5.74) is 3.50. The highest BCUT2D eigenvalue weighted by Crippen LogP contribution is 2.55. The maximum atomic E-state index is 14.0. The zero-order chi connectivity index (χ0) is 36.7. The summed E-state index contributed by atoms with van der Waals surface area (Å²) in [5, 5.41) is 62.0. The van der Waals surface area contributed by atoms with E-state index in [1.165, 1.54) is 12.1 Å². The number of urea groups is 1. The lowest BCUT2D eigenvalue weighted by molar-refractivity contribution is -0.154. The molecule has 1 aromatic heterocycles. The zero-order valence-corrected chi connectivity index (χ0v) is 27.6. The fourth-order valence-electron chi connectivity index (χ4n) is 7.54. The number of hydrogen-bond donors (Lipinski definition) is 8. The summed E-state index contributed by atoms with van der Waals surface area (Å²) in [6.45, 7) is 1.61. The van der Waals surface area contributed by atoms with Crippen molar-refractivity contribution in [2.75, 3.05) is 29.6 Å². The largest absolute Gasteiger partial charge is 0.511 e. The van der Waals surface area contributed by atoms with Crippen molar-refractivity contribution in [3.8, 4) is 17.1 Å². The number of phenolic OH excluding ortho intramolecular Hbond substituents is 1. The van der Waals surface area contributed by atoms with E-state index < -0.39 is 87.8 Å². The standard InChI is InChI=1S/C37H34N4O10/c1-15-20-10-11-22(40-36(49)39-18-7-4-16(5-8-18)24-12-17-6-9-19(41(2)3)13-25(17)51-24)31(44)27(20)32(45)29-26(15)30(43)21-14-23(42)28(35(38)48)33(46)37(21,50)34(29)47/h4-13,15,21,26,30,42-44,47,50H,14H2,1-3H3,(H2,38,48)(H2,39,40,49)/t15-,21+,26+,30+,37+/m0/s1. The molecule has 0 spiro atoms. The number of furan rings is 1. The number of carbonyl (C=O) groups is 4. The monoisotopic (exact) mass is 694 g/mol. The lowest BCUT2D eigenvalue weighted by Gasteiger charge is -2.50. The van der Waals surface area contributed by atoms with Gasteiger partial charge in [-0.05, 0) is 60.0 Å². The Morgan fingerprint density at radius 2 is 1.69 bits per heavy atom. The maximum absolute atomic E-state index is 14.0. The molecule has 14 heteroatoms. The second-order valence-electron chi connectivity index (χ2n) is 13.3. The Labute approximate surface area is 290 Å².